The van der Waals surface area contributed by atoms with E-state index in [0.717, 1.165) is 21.8 Å². The van der Waals surface area contributed by atoms with E-state index in [0.29, 0.717) is 24.6 Å². The molecule has 0 saturated carbocycles. The summed E-state index contributed by atoms with van der Waals surface area (Å²) in [6.07, 6.45) is 7.31. The van der Waals surface area contributed by atoms with E-state index in [1.807, 2.05) is 30.3 Å². The molecular formula is C22H29N4OS+. The van der Waals surface area contributed by atoms with Gasteiger partial charge in [-0.3, -0.25) is 5.73 Å². The molecule has 0 spiro atoms. The molecule has 5 nitrogen and oxygen atoms in total. The molecule has 0 fully saturated rings. The number of unbranched alkanes of at least 4 members (excludes halogenated alkanes) is 5. The van der Waals surface area contributed by atoms with E-state index in [9.17, 15) is 0 Å². The van der Waals surface area contributed by atoms with Gasteiger partial charge in [0, 0.05) is 6.07 Å². The average Bonchev–Trinajstić information content (AvgIpc) is 3.01. The van der Waals surface area contributed by atoms with Crippen LogP contribution in [0, 0.1) is 5.53 Å². The predicted molar refractivity (Wildman–Crippen MR) is 116 cm³/mol. The van der Waals surface area contributed by atoms with Crippen molar-refractivity contribution in [3.05, 3.63) is 48.0 Å². The van der Waals surface area contributed by atoms with E-state index in [2.05, 4.69) is 28.7 Å². The molecule has 0 unspecified atom stereocenters. The Balaban J connectivity index is 1.74. The van der Waals surface area contributed by atoms with Gasteiger partial charge in [-0.05, 0) is 29.4 Å². The lowest BCUT2D eigenvalue weighted by atomic mass is 10.1. The van der Waals surface area contributed by atoms with E-state index in [-0.39, 0.29) is 0 Å². The first kappa shape index (κ1) is 20.3. The molecule has 28 heavy (non-hydrogen) atoms. The number of nitrogen functional groups attached to an aromatic ring is 1. The molecule has 0 aliphatic rings. The lowest BCUT2D eigenvalue weighted by molar-refractivity contribution is -0.644. The molecular weight excluding hydrogens is 368 g/mol. The molecule has 0 radical (unpaired) electrons. The van der Waals surface area contributed by atoms with Crippen LogP contribution in [-0.4, -0.2) is 6.61 Å². The third-order valence-corrected chi connectivity index (χ3v) is 5.85. The van der Waals surface area contributed by atoms with Gasteiger partial charge in [0.1, 0.15) is 17.7 Å². The number of nitrogens with two attached hydrogens (primary N) is 1. The number of thiazole rings is 1. The number of fused-ring (bicyclic) bond motifs is 1. The van der Waals surface area contributed by atoms with Crippen LogP contribution in [0.25, 0.3) is 10.2 Å². The predicted octanol–water partition coefficient (Wildman–Crippen LogP) is 6.22. The summed E-state index contributed by atoms with van der Waals surface area (Å²) >= 11 is 1.52. The largest absolute Gasteiger partial charge is 0.491 e. The molecule has 148 valence electrons. The molecule has 3 rings (SSSR count). The number of hydrogen-bond acceptors (Lipinski definition) is 5. The first-order valence-electron chi connectivity index (χ1n) is 10.0. The maximum absolute atomic E-state index is 7.50. The summed E-state index contributed by atoms with van der Waals surface area (Å²) < 4.78 is 9.11. The zero-order chi connectivity index (χ0) is 19.8. The second-order valence-electron chi connectivity index (χ2n) is 7.03. The number of nitrogens with zero attached hydrogens (tertiary/aromatic N) is 2. The zero-order valence-electron chi connectivity index (χ0n) is 16.5. The third kappa shape index (κ3) is 5.07. The molecule has 3 N–H and O–H groups in total. The normalized spacial score (nSPS) is 11.0. The monoisotopic (exact) mass is 397 g/mol. The number of nitrogens with one attached hydrogen (secondary N) is 1. The highest BCUT2D eigenvalue weighted by Gasteiger charge is 2.19. The van der Waals surface area contributed by atoms with E-state index in [4.69, 9.17) is 16.0 Å². The van der Waals surface area contributed by atoms with E-state index in [1.165, 1.54) is 49.0 Å². The maximum Gasteiger partial charge on any atom is 0.333 e. The van der Waals surface area contributed by atoms with E-state index >= 15 is 0 Å². The van der Waals surface area contributed by atoms with Gasteiger partial charge in [0.2, 0.25) is 0 Å². The summed E-state index contributed by atoms with van der Waals surface area (Å²) in [6, 6.07) is 14.2. The molecule has 0 aliphatic carbocycles. The summed E-state index contributed by atoms with van der Waals surface area (Å²) in [6.45, 7) is 3.59. The van der Waals surface area contributed by atoms with Crippen molar-refractivity contribution in [2.45, 2.75) is 52.0 Å². The van der Waals surface area contributed by atoms with Crippen molar-refractivity contribution >= 4 is 32.4 Å². The van der Waals surface area contributed by atoms with Crippen LogP contribution >= 0.6 is 11.3 Å². The maximum atomic E-state index is 7.50. The first-order chi connectivity index (χ1) is 13.7. The van der Waals surface area contributed by atoms with Crippen LogP contribution in [0.5, 0.6) is 5.75 Å². The van der Waals surface area contributed by atoms with Crippen LogP contribution in [0.15, 0.2) is 47.6 Å². The summed E-state index contributed by atoms with van der Waals surface area (Å²) in [7, 11) is 0. The minimum Gasteiger partial charge on any atom is -0.491 e. The fraction of sp³-hybridized carbons (Fsp3) is 0.409. The number of anilines is 1. The molecule has 6 heteroatoms. The standard InChI is InChI=1S/C22H28N4OS/c1-2-3-4-5-6-10-13-27-20-15-19-21(14-18(20)25-24)28-22(23)26(19)16-17-11-8-7-9-12-17/h7-9,11-12,14-15,23-24H,2-6,10,13,16H2,1H3/p+1. The Hall–Kier alpha value is -2.47. The van der Waals surface area contributed by atoms with E-state index in [1.54, 1.807) is 0 Å². The Morgan fingerprint density at radius 2 is 1.82 bits per heavy atom. The first-order valence-corrected chi connectivity index (χ1v) is 10.8. The second-order valence-corrected chi connectivity index (χ2v) is 8.09. The van der Waals surface area contributed by atoms with Crippen LogP contribution in [0.1, 0.15) is 51.0 Å². The molecule has 0 saturated heterocycles. The minimum atomic E-state index is 0.562. The van der Waals surface area contributed by atoms with Gasteiger partial charge in [-0.15, -0.1) is 0 Å². The van der Waals surface area contributed by atoms with Crippen LogP contribution in [0.3, 0.4) is 0 Å². The Morgan fingerprint density at radius 1 is 1.07 bits per heavy atom. The molecule has 2 aromatic carbocycles. The highest BCUT2D eigenvalue weighted by atomic mass is 32.1. The molecule has 1 heterocycles. The molecule has 0 atom stereocenters. The molecule has 0 aliphatic heterocycles. The summed E-state index contributed by atoms with van der Waals surface area (Å²) in [5.74, 6) is 0.663. The lowest BCUT2D eigenvalue weighted by Gasteiger charge is -2.09. The number of hydrogen-bond donors (Lipinski definition) is 2. The molecule has 0 amide bonds. The van der Waals surface area contributed by atoms with E-state index < -0.39 is 0 Å². The van der Waals surface area contributed by atoms with Gasteiger partial charge in [0.05, 0.1) is 11.3 Å². The number of ether oxygens (including phenoxy) is 1. The van der Waals surface area contributed by atoms with Crippen LogP contribution < -0.4 is 15.0 Å². The summed E-state index contributed by atoms with van der Waals surface area (Å²) in [5.41, 5.74) is 16.6. The summed E-state index contributed by atoms with van der Waals surface area (Å²) in [5, 5.41) is 4.40. The third-order valence-electron chi connectivity index (χ3n) is 4.87. The quantitative estimate of drug-likeness (QED) is 0.229. The van der Waals surface area contributed by atoms with Gasteiger partial charge in [-0.25, -0.2) is 10.1 Å². The van der Waals surface area contributed by atoms with Crippen molar-refractivity contribution in [1.29, 1.82) is 5.53 Å². The van der Waals surface area contributed by atoms with Crippen LogP contribution in [0.2, 0.25) is 0 Å². The number of rotatable bonds is 11. The Bertz CT molecular complexity index is 908. The molecule has 1 aromatic heterocycles. The van der Waals surface area contributed by atoms with Crippen molar-refractivity contribution in [3.63, 3.8) is 0 Å². The average molecular weight is 398 g/mol. The fourth-order valence-corrected chi connectivity index (χ4v) is 4.26. The Morgan fingerprint density at radius 3 is 2.57 bits per heavy atom. The van der Waals surface area contributed by atoms with Gasteiger partial charge in [-0.1, -0.05) is 69.4 Å². The van der Waals surface area contributed by atoms with Gasteiger partial charge in [0.15, 0.2) is 5.75 Å². The van der Waals surface area contributed by atoms with Crippen molar-refractivity contribution < 1.29 is 9.30 Å². The topological polar surface area (TPSA) is 75.3 Å². The number of aromatic nitrogens is 1. The van der Waals surface area contributed by atoms with Gasteiger partial charge >= 0.3 is 5.13 Å². The van der Waals surface area contributed by atoms with Gasteiger partial charge < -0.3 is 4.74 Å². The minimum absolute atomic E-state index is 0.562. The Kier molecular flexibility index (Phi) is 7.37. The molecule has 0 bridgehead atoms. The zero-order valence-corrected chi connectivity index (χ0v) is 17.3. The summed E-state index contributed by atoms with van der Waals surface area (Å²) in [4.78, 5) is 0. The van der Waals surface area contributed by atoms with Gasteiger partial charge in [0.25, 0.3) is 0 Å². The van der Waals surface area contributed by atoms with Gasteiger partial charge in [-0.2, -0.15) is 5.11 Å². The van der Waals surface area contributed by atoms with Crippen LogP contribution in [-0.2, 0) is 6.54 Å². The number of benzene rings is 2. The molecule has 3 aromatic rings. The lowest BCUT2D eigenvalue weighted by Crippen LogP contribution is -2.35. The van der Waals surface area contributed by atoms with Crippen molar-refractivity contribution in [1.82, 2.24) is 0 Å². The van der Waals surface area contributed by atoms with Crippen molar-refractivity contribution in [2.75, 3.05) is 12.3 Å². The smallest absolute Gasteiger partial charge is 0.333 e. The highest BCUT2D eigenvalue weighted by Crippen LogP contribution is 2.35. The SMILES string of the molecule is CCCCCCCCOc1cc2c(cc1N=N)sc(N)[n+]2Cc1ccccc1. The van der Waals surface area contributed by atoms with Crippen LogP contribution in [0.4, 0.5) is 10.8 Å². The fourth-order valence-electron chi connectivity index (χ4n) is 3.31. The Labute approximate surface area is 170 Å². The highest BCUT2D eigenvalue weighted by molar-refractivity contribution is 7.21. The van der Waals surface area contributed by atoms with Crippen molar-refractivity contribution in [3.8, 4) is 5.75 Å². The van der Waals surface area contributed by atoms with Crippen molar-refractivity contribution in [2.24, 2.45) is 5.11 Å². The second kappa shape index (κ2) is 10.2.